The number of hydrogen-bond donors (Lipinski definition) is 1. The quantitative estimate of drug-likeness (QED) is 0.829. The highest BCUT2D eigenvalue weighted by Gasteiger charge is 2.39. The van der Waals surface area contributed by atoms with Crippen molar-refractivity contribution in [3.8, 4) is 0 Å². The SMILES string of the molecule is CCCNC(Cc1ccccn1)C1(OC)CCCCC1. The highest BCUT2D eigenvalue weighted by atomic mass is 16.5. The lowest BCUT2D eigenvalue weighted by Gasteiger charge is -2.43. The molecule has 0 bridgehead atoms. The van der Waals surface area contributed by atoms with Crippen molar-refractivity contribution in [1.29, 1.82) is 0 Å². The molecule has 3 heteroatoms. The minimum Gasteiger partial charge on any atom is -0.377 e. The molecule has 0 spiro atoms. The fraction of sp³-hybridized carbons (Fsp3) is 0.706. The lowest BCUT2D eigenvalue weighted by Crippen LogP contribution is -2.54. The van der Waals surface area contributed by atoms with E-state index >= 15 is 0 Å². The average molecular weight is 276 g/mol. The van der Waals surface area contributed by atoms with Gasteiger partial charge in [0.25, 0.3) is 0 Å². The third-order valence-electron chi connectivity index (χ3n) is 4.52. The fourth-order valence-corrected chi connectivity index (χ4v) is 3.34. The number of methoxy groups -OCH3 is 1. The number of pyridine rings is 1. The van der Waals surface area contributed by atoms with Crippen LogP contribution in [0.1, 0.15) is 51.1 Å². The van der Waals surface area contributed by atoms with Crippen molar-refractivity contribution in [1.82, 2.24) is 10.3 Å². The number of aromatic nitrogens is 1. The Morgan fingerprint density at radius 2 is 2.10 bits per heavy atom. The molecule has 2 rings (SSSR count). The lowest BCUT2D eigenvalue weighted by atomic mass is 9.77. The van der Waals surface area contributed by atoms with Crippen LogP contribution in [-0.2, 0) is 11.2 Å². The Morgan fingerprint density at radius 1 is 1.30 bits per heavy atom. The monoisotopic (exact) mass is 276 g/mol. The minimum absolute atomic E-state index is 0.00899. The second-order valence-corrected chi connectivity index (χ2v) is 5.86. The lowest BCUT2D eigenvalue weighted by molar-refractivity contribution is -0.0674. The van der Waals surface area contributed by atoms with Gasteiger partial charge in [0.1, 0.15) is 0 Å². The Balaban J connectivity index is 2.12. The summed E-state index contributed by atoms with van der Waals surface area (Å²) in [7, 11) is 1.88. The van der Waals surface area contributed by atoms with E-state index in [0.717, 1.165) is 37.9 Å². The van der Waals surface area contributed by atoms with E-state index in [-0.39, 0.29) is 5.60 Å². The largest absolute Gasteiger partial charge is 0.377 e. The molecule has 1 heterocycles. The summed E-state index contributed by atoms with van der Waals surface area (Å²) in [6.45, 7) is 3.26. The van der Waals surface area contributed by atoms with Crippen molar-refractivity contribution in [2.75, 3.05) is 13.7 Å². The molecule has 0 saturated heterocycles. The molecule has 0 radical (unpaired) electrons. The van der Waals surface area contributed by atoms with Gasteiger partial charge < -0.3 is 10.1 Å². The van der Waals surface area contributed by atoms with Crippen LogP contribution in [0.5, 0.6) is 0 Å². The van der Waals surface area contributed by atoms with Gasteiger partial charge in [-0.2, -0.15) is 0 Å². The van der Waals surface area contributed by atoms with E-state index in [1.165, 1.54) is 19.3 Å². The molecule has 3 nitrogen and oxygen atoms in total. The summed E-state index contributed by atoms with van der Waals surface area (Å²) < 4.78 is 6.02. The molecule has 0 aliphatic heterocycles. The third kappa shape index (κ3) is 3.80. The number of nitrogens with one attached hydrogen (secondary N) is 1. The normalized spacial score (nSPS) is 19.7. The Kier molecular flexibility index (Phi) is 5.99. The molecule has 1 aliphatic carbocycles. The number of rotatable bonds is 7. The van der Waals surface area contributed by atoms with Gasteiger partial charge in [0.15, 0.2) is 0 Å². The number of nitrogens with zero attached hydrogens (tertiary/aromatic N) is 1. The van der Waals surface area contributed by atoms with Gasteiger partial charge in [-0.1, -0.05) is 32.3 Å². The first-order chi connectivity index (χ1) is 9.80. The molecule has 1 N–H and O–H groups in total. The van der Waals surface area contributed by atoms with Crippen LogP contribution < -0.4 is 5.32 Å². The Labute approximate surface area is 123 Å². The predicted molar refractivity (Wildman–Crippen MR) is 82.8 cm³/mol. The molecule has 1 aromatic rings. The highest BCUT2D eigenvalue weighted by molar-refractivity contribution is 5.09. The molecular formula is C17H28N2O. The van der Waals surface area contributed by atoms with Gasteiger partial charge in [0.2, 0.25) is 0 Å². The van der Waals surface area contributed by atoms with E-state index in [0.29, 0.717) is 6.04 Å². The molecule has 1 fully saturated rings. The topological polar surface area (TPSA) is 34.2 Å². The first-order valence-electron chi connectivity index (χ1n) is 7.99. The maximum Gasteiger partial charge on any atom is 0.0834 e. The maximum atomic E-state index is 6.02. The van der Waals surface area contributed by atoms with Crippen molar-refractivity contribution in [3.63, 3.8) is 0 Å². The minimum atomic E-state index is -0.00899. The summed E-state index contributed by atoms with van der Waals surface area (Å²) in [5.41, 5.74) is 1.15. The van der Waals surface area contributed by atoms with Crippen LogP contribution >= 0.6 is 0 Å². The zero-order valence-electron chi connectivity index (χ0n) is 12.9. The maximum absolute atomic E-state index is 6.02. The van der Waals surface area contributed by atoms with Crippen LogP contribution in [-0.4, -0.2) is 30.3 Å². The third-order valence-corrected chi connectivity index (χ3v) is 4.52. The molecule has 0 amide bonds. The smallest absolute Gasteiger partial charge is 0.0834 e. The average Bonchev–Trinajstić information content (AvgIpc) is 2.53. The molecule has 1 saturated carbocycles. The predicted octanol–water partition coefficient (Wildman–Crippen LogP) is 3.34. The van der Waals surface area contributed by atoms with Gasteiger partial charge in [-0.3, -0.25) is 4.98 Å². The zero-order valence-corrected chi connectivity index (χ0v) is 12.9. The molecule has 1 aromatic heterocycles. The molecule has 0 aromatic carbocycles. The van der Waals surface area contributed by atoms with Crippen LogP contribution in [0.2, 0.25) is 0 Å². The van der Waals surface area contributed by atoms with Crippen molar-refractivity contribution in [3.05, 3.63) is 30.1 Å². The Morgan fingerprint density at radius 3 is 2.70 bits per heavy atom. The van der Waals surface area contributed by atoms with Gasteiger partial charge in [0.05, 0.1) is 5.60 Å². The van der Waals surface area contributed by atoms with Crippen LogP contribution in [0.15, 0.2) is 24.4 Å². The van der Waals surface area contributed by atoms with Crippen LogP contribution in [0.3, 0.4) is 0 Å². The second-order valence-electron chi connectivity index (χ2n) is 5.86. The Hall–Kier alpha value is -0.930. The first kappa shape index (κ1) is 15.5. The molecule has 112 valence electrons. The van der Waals surface area contributed by atoms with Gasteiger partial charge in [-0.25, -0.2) is 0 Å². The fourth-order valence-electron chi connectivity index (χ4n) is 3.34. The molecule has 1 atom stereocenters. The Bertz CT molecular complexity index is 374. The number of hydrogen-bond acceptors (Lipinski definition) is 3. The first-order valence-corrected chi connectivity index (χ1v) is 7.99. The molecule has 1 unspecified atom stereocenters. The van der Waals surface area contributed by atoms with Crippen LogP contribution in [0.25, 0.3) is 0 Å². The van der Waals surface area contributed by atoms with Gasteiger partial charge >= 0.3 is 0 Å². The number of ether oxygens (including phenoxy) is 1. The van der Waals surface area contributed by atoms with Crippen molar-refractivity contribution in [2.45, 2.75) is 63.5 Å². The van der Waals surface area contributed by atoms with Crippen LogP contribution in [0, 0.1) is 0 Å². The van der Waals surface area contributed by atoms with Gasteiger partial charge in [-0.15, -0.1) is 0 Å². The molecule has 1 aliphatic rings. The second kappa shape index (κ2) is 7.75. The van der Waals surface area contributed by atoms with Crippen molar-refractivity contribution < 1.29 is 4.74 Å². The van der Waals surface area contributed by atoms with E-state index in [4.69, 9.17) is 4.74 Å². The standard InChI is InChI=1S/C17H28N2O/c1-3-12-19-16(14-15-9-5-8-13-18-15)17(20-2)10-6-4-7-11-17/h5,8-9,13,16,19H,3-4,6-7,10-12,14H2,1-2H3. The van der Waals surface area contributed by atoms with Crippen molar-refractivity contribution in [2.24, 2.45) is 0 Å². The summed E-state index contributed by atoms with van der Waals surface area (Å²) in [4.78, 5) is 4.49. The van der Waals surface area contributed by atoms with Crippen molar-refractivity contribution >= 4 is 0 Å². The summed E-state index contributed by atoms with van der Waals surface area (Å²) in [5.74, 6) is 0. The molecule has 20 heavy (non-hydrogen) atoms. The summed E-state index contributed by atoms with van der Waals surface area (Å²) in [6.07, 6.45) is 10.2. The van der Waals surface area contributed by atoms with Gasteiger partial charge in [0, 0.05) is 31.5 Å². The highest BCUT2D eigenvalue weighted by Crippen LogP contribution is 2.35. The summed E-state index contributed by atoms with van der Waals surface area (Å²) in [5, 5.41) is 3.71. The van der Waals surface area contributed by atoms with E-state index in [1.54, 1.807) is 0 Å². The van der Waals surface area contributed by atoms with E-state index in [1.807, 2.05) is 19.4 Å². The van der Waals surface area contributed by atoms with E-state index in [2.05, 4.69) is 29.4 Å². The summed E-state index contributed by atoms with van der Waals surface area (Å²) >= 11 is 0. The zero-order chi connectivity index (χ0) is 14.3. The van der Waals surface area contributed by atoms with Gasteiger partial charge in [-0.05, 0) is 37.9 Å². The van der Waals surface area contributed by atoms with Crippen LogP contribution in [0.4, 0.5) is 0 Å². The summed E-state index contributed by atoms with van der Waals surface area (Å²) in [6, 6.07) is 6.53. The van der Waals surface area contributed by atoms with E-state index in [9.17, 15) is 0 Å². The molecular weight excluding hydrogens is 248 g/mol. The van der Waals surface area contributed by atoms with E-state index < -0.39 is 0 Å².